The highest BCUT2D eigenvalue weighted by Gasteiger charge is 2.33. The van der Waals surface area contributed by atoms with E-state index in [1.54, 1.807) is 6.07 Å². The fraction of sp³-hybridized carbons (Fsp3) is 0.375. The Morgan fingerprint density at radius 1 is 0.935 bits per heavy atom. The largest absolute Gasteiger partial charge is 0.490 e. The highest BCUT2D eigenvalue weighted by Crippen LogP contribution is 2.33. The summed E-state index contributed by atoms with van der Waals surface area (Å²) in [4.78, 5) is 38.4. The minimum absolute atomic E-state index is 0.0974. The van der Waals surface area contributed by atoms with E-state index in [0.29, 0.717) is 35.8 Å². The van der Waals surface area contributed by atoms with Crippen LogP contribution in [0.3, 0.4) is 0 Å². The molecule has 2 aromatic rings. The van der Waals surface area contributed by atoms with Crippen LogP contribution in [-0.2, 0) is 0 Å². The van der Waals surface area contributed by atoms with Gasteiger partial charge in [0.15, 0.2) is 11.5 Å². The maximum atomic E-state index is 13.0. The number of imide groups is 1. The van der Waals surface area contributed by atoms with Crippen LogP contribution in [0.15, 0.2) is 36.4 Å². The van der Waals surface area contributed by atoms with Gasteiger partial charge in [-0.25, -0.2) is 0 Å². The summed E-state index contributed by atoms with van der Waals surface area (Å²) in [7, 11) is 1.43. The van der Waals surface area contributed by atoms with Crippen LogP contribution in [0.4, 0.5) is 0 Å². The molecular weight excluding hydrogens is 396 g/mol. The van der Waals surface area contributed by atoms with E-state index in [1.165, 1.54) is 19.2 Å². The van der Waals surface area contributed by atoms with Crippen molar-refractivity contribution in [3.05, 3.63) is 58.7 Å². The van der Waals surface area contributed by atoms with Gasteiger partial charge in [-0.1, -0.05) is 19.9 Å². The Hall–Kier alpha value is -3.35. The normalized spacial score (nSPS) is 13.9. The molecule has 0 unspecified atom stereocenters. The number of ether oxygens (including phenoxy) is 2. The molecule has 0 aromatic heterocycles. The number of nitrogens with zero attached hydrogens (tertiary/aromatic N) is 1. The maximum Gasteiger partial charge on any atom is 0.261 e. The van der Waals surface area contributed by atoms with Crippen LogP contribution in [0.25, 0.3) is 0 Å². The molecule has 3 rings (SSSR count). The van der Waals surface area contributed by atoms with Crippen LogP contribution in [0.5, 0.6) is 11.5 Å². The van der Waals surface area contributed by atoms with E-state index >= 15 is 0 Å². The van der Waals surface area contributed by atoms with Crippen LogP contribution >= 0.6 is 0 Å². The van der Waals surface area contributed by atoms with Gasteiger partial charge in [0, 0.05) is 12.6 Å². The lowest BCUT2D eigenvalue weighted by molar-refractivity contribution is 0.0693. The summed E-state index contributed by atoms with van der Waals surface area (Å²) in [5.74, 6) is 0.315. The van der Waals surface area contributed by atoms with Gasteiger partial charge in [0.05, 0.1) is 30.4 Å². The Kier molecular flexibility index (Phi) is 6.63. The van der Waals surface area contributed by atoms with E-state index in [0.717, 1.165) is 10.5 Å². The van der Waals surface area contributed by atoms with Crippen LogP contribution in [-0.4, -0.2) is 42.9 Å². The molecule has 31 heavy (non-hydrogen) atoms. The molecule has 1 heterocycles. The molecule has 0 bridgehead atoms. The van der Waals surface area contributed by atoms with Gasteiger partial charge >= 0.3 is 0 Å². The van der Waals surface area contributed by atoms with E-state index in [-0.39, 0.29) is 29.3 Å². The first-order valence-electron chi connectivity index (χ1n) is 10.4. The van der Waals surface area contributed by atoms with E-state index in [2.05, 4.69) is 5.32 Å². The van der Waals surface area contributed by atoms with Crippen molar-refractivity contribution in [2.75, 3.05) is 20.3 Å². The maximum absolute atomic E-state index is 13.0. The summed E-state index contributed by atoms with van der Waals surface area (Å²) in [5, 5.41) is 3.05. The first-order chi connectivity index (χ1) is 14.8. The second-order valence-electron chi connectivity index (χ2n) is 7.70. The molecule has 1 N–H and O–H groups in total. The summed E-state index contributed by atoms with van der Waals surface area (Å²) >= 11 is 0. The van der Waals surface area contributed by atoms with Crippen molar-refractivity contribution in [2.24, 2.45) is 5.92 Å². The molecule has 0 saturated carbocycles. The van der Waals surface area contributed by atoms with Crippen molar-refractivity contribution in [1.29, 1.82) is 0 Å². The molecule has 0 fully saturated rings. The van der Waals surface area contributed by atoms with Gasteiger partial charge in [-0.05, 0) is 55.7 Å². The fourth-order valence-electron chi connectivity index (χ4n) is 3.62. The third-order valence-corrected chi connectivity index (χ3v) is 5.23. The summed E-state index contributed by atoms with van der Waals surface area (Å²) in [6.45, 7) is 8.87. The zero-order valence-electron chi connectivity index (χ0n) is 18.5. The molecule has 0 radical (unpaired) electrons. The number of fused-ring (bicyclic) bond motifs is 1. The van der Waals surface area contributed by atoms with Crippen LogP contribution in [0.2, 0.25) is 0 Å². The van der Waals surface area contributed by atoms with Crippen LogP contribution in [0.1, 0.15) is 70.4 Å². The number of hydrogen-bond donors (Lipinski definition) is 1. The number of carbonyl (C=O) groups is 3. The predicted octanol–water partition coefficient (Wildman–Crippen LogP) is 3.84. The Balaban J connectivity index is 1.88. The minimum atomic E-state index is -0.400. The first kappa shape index (κ1) is 22.3. The van der Waals surface area contributed by atoms with Crippen molar-refractivity contribution in [3.63, 3.8) is 0 Å². The Labute approximate surface area is 182 Å². The molecular formula is C24H28N2O5. The Bertz CT molecular complexity index is 1020. The molecule has 0 aliphatic carbocycles. The topological polar surface area (TPSA) is 84.9 Å². The SMILES string of the molecule is CCOc1ccc([C@H](NC(=O)c2ccc3c(c2)C(=O)N(C)C3=O)C(C)C)cc1OCC. The fourth-order valence-corrected chi connectivity index (χ4v) is 3.62. The second kappa shape index (κ2) is 9.20. The zero-order chi connectivity index (χ0) is 22.7. The average Bonchev–Trinajstić information content (AvgIpc) is 2.97. The number of carbonyl (C=O) groups excluding carboxylic acids is 3. The number of nitrogens with one attached hydrogen (secondary N) is 1. The summed E-state index contributed by atoms with van der Waals surface area (Å²) < 4.78 is 11.3. The van der Waals surface area contributed by atoms with Gasteiger partial charge in [-0.15, -0.1) is 0 Å². The quantitative estimate of drug-likeness (QED) is 0.651. The monoisotopic (exact) mass is 424 g/mol. The van der Waals surface area contributed by atoms with Crippen molar-refractivity contribution in [3.8, 4) is 11.5 Å². The van der Waals surface area contributed by atoms with Crippen molar-refractivity contribution in [2.45, 2.75) is 33.7 Å². The first-order valence-corrected chi connectivity index (χ1v) is 10.4. The van der Waals surface area contributed by atoms with Gasteiger partial charge in [-0.3, -0.25) is 19.3 Å². The Morgan fingerprint density at radius 3 is 2.23 bits per heavy atom. The molecule has 7 nitrogen and oxygen atoms in total. The average molecular weight is 424 g/mol. The van der Waals surface area contributed by atoms with Crippen molar-refractivity contribution < 1.29 is 23.9 Å². The minimum Gasteiger partial charge on any atom is -0.490 e. The van der Waals surface area contributed by atoms with E-state index < -0.39 is 5.91 Å². The molecule has 7 heteroatoms. The van der Waals surface area contributed by atoms with Crippen LogP contribution < -0.4 is 14.8 Å². The van der Waals surface area contributed by atoms with Crippen molar-refractivity contribution >= 4 is 17.7 Å². The molecule has 164 valence electrons. The number of hydrogen-bond acceptors (Lipinski definition) is 5. The smallest absolute Gasteiger partial charge is 0.261 e. The lowest BCUT2D eigenvalue weighted by atomic mass is 9.95. The molecule has 3 amide bonds. The predicted molar refractivity (Wildman–Crippen MR) is 117 cm³/mol. The number of rotatable bonds is 8. The van der Waals surface area contributed by atoms with E-state index in [4.69, 9.17) is 9.47 Å². The third-order valence-electron chi connectivity index (χ3n) is 5.23. The van der Waals surface area contributed by atoms with Gasteiger partial charge < -0.3 is 14.8 Å². The third kappa shape index (κ3) is 4.40. The number of benzene rings is 2. The lowest BCUT2D eigenvalue weighted by Gasteiger charge is -2.24. The summed E-state index contributed by atoms with van der Waals surface area (Å²) in [5.41, 5.74) is 1.79. The summed E-state index contributed by atoms with van der Waals surface area (Å²) in [6, 6.07) is 9.95. The van der Waals surface area contributed by atoms with E-state index in [9.17, 15) is 14.4 Å². The molecule has 0 spiro atoms. The molecule has 1 aliphatic rings. The molecule has 0 saturated heterocycles. The standard InChI is InChI=1S/C24H28N2O5/c1-6-30-19-11-9-15(13-20(19)31-7-2)21(14(3)4)25-22(27)16-8-10-17-18(12-16)24(29)26(5)23(17)28/h8-14,21H,6-7H2,1-5H3,(H,25,27)/t21-/m1/s1. The second-order valence-corrected chi connectivity index (χ2v) is 7.70. The van der Waals surface area contributed by atoms with Crippen LogP contribution in [0, 0.1) is 5.92 Å². The number of amides is 3. The van der Waals surface area contributed by atoms with E-state index in [1.807, 2.05) is 45.9 Å². The molecule has 2 aromatic carbocycles. The summed E-state index contributed by atoms with van der Waals surface area (Å²) in [6.07, 6.45) is 0. The van der Waals surface area contributed by atoms with Gasteiger partial charge in [-0.2, -0.15) is 0 Å². The van der Waals surface area contributed by atoms with Gasteiger partial charge in [0.2, 0.25) is 0 Å². The van der Waals surface area contributed by atoms with Gasteiger partial charge in [0.25, 0.3) is 17.7 Å². The molecule has 1 aliphatic heterocycles. The lowest BCUT2D eigenvalue weighted by Crippen LogP contribution is -2.32. The van der Waals surface area contributed by atoms with Crippen molar-refractivity contribution in [1.82, 2.24) is 10.2 Å². The highest BCUT2D eigenvalue weighted by molar-refractivity contribution is 6.21. The highest BCUT2D eigenvalue weighted by atomic mass is 16.5. The Morgan fingerprint density at radius 2 is 1.58 bits per heavy atom. The molecule has 1 atom stereocenters. The van der Waals surface area contributed by atoms with Gasteiger partial charge in [0.1, 0.15) is 0 Å². The zero-order valence-corrected chi connectivity index (χ0v) is 18.5.